The van der Waals surface area contributed by atoms with E-state index in [1.165, 1.54) is 19.8 Å². The van der Waals surface area contributed by atoms with E-state index in [-0.39, 0.29) is 15.9 Å². The Labute approximate surface area is 118 Å². The van der Waals surface area contributed by atoms with Crippen LogP contribution in [0.25, 0.3) is 0 Å². The topological polar surface area (TPSA) is 47.6 Å². The number of rotatable bonds is 4. The molecule has 6 heteroatoms. The monoisotopic (exact) mass is 301 g/mol. The molecular weight excluding hydrogens is 281 g/mol. The minimum absolute atomic E-state index is 0.0971. The summed E-state index contributed by atoms with van der Waals surface area (Å²) in [7, 11) is -0.274. The molecule has 2 atom stereocenters. The zero-order valence-electron chi connectivity index (χ0n) is 11.6. The van der Waals surface area contributed by atoms with Gasteiger partial charge in [0.05, 0.1) is 5.37 Å². The van der Waals surface area contributed by atoms with Crippen molar-refractivity contribution in [3.63, 3.8) is 0 Å². The molecule has 2 rings (SSSR count). The Kier molecular flexibility index (Phi) is 4.43. The van der Waals surface area contributed by atoms with Gasteiger partial charge in [-0.25, -0.2) is 0 Å². The van der Waals surface area contributed by atoms with E-state index in [9.17, 15) is 4.57 Å². The third-order valence-corrected chi connectivity index (χ3v) is 7.42. The Morgan fingerprint density at radius 2 is 1.79 bits per heavy atom. The summed E-state index contributed by atoms with van der Waals surface area (Å²) in [5.41, 5.74) is 1.17. The van der Waals surface area contributed by atoms with Crippen molar-refractivity contribution in [2.75, 3.05) is 14.2 Å². The molecular formula is C13H20NO3PS. The van der Waals surface area contributed by atoms with Gasteiger partial charge in [-0.1, -0.05) is 30.3 Å². The van der Waals surface area contributed by atoms with Crippen molar-refractivity contribution in [3.8, 4) is 0 Å². The highest BCUT2D eigenvalue weighted by atomic mass is 32.2. The van der Waals surface area contributed by atoms with Gasteiger partial charge in [-0.15, -0.1) is 11.8 Å². The van der Waals surface area contributed by atoms with E-state index in [0.29, 0.717) is 0 Å². The quantitative estimate of drug-likeness (QED) is 0.861. The largest absolute Gasteiger partial charge is 0.348 e. The van der Waals surface area contributed by atoms with E-state index in [1.54, 1.807) is 11.8 Å². The average molecular weight is 301 g/mol. The van der Waals surface area contributed by atoms with Gasteiger partial charge in [0.15, 0.2) is 0 Å². The summed E-state index contributed by atoms with van der Waals surface area (Å²) in [6.07, 6.45) is 0. The van der Waals surface area contributed by atoms with Gasteiger partial charge in [0.25, 0.3) is 0 Å². The average Bonchev–Trinajstić information content (AvgIpc) is 2.75. The van der Waals surface area contributed by atoms with Crippen LogP contribution >= 0.6 is 19.4 Å². The predicted octanol–water partition coefficient (Wildman–Crippen LogP) is 3.61. The molecule has 0 bridgehead atoms. The standard InChI is InChI=1S/C13H20NO3PS/c1-13(2)12(18(15,16-3)17-4)14-11(19-13)10-8-6-5-7-9-10/h5-9,11-12,14H,1-4H3/t11-,12+/m1/s1. The van der Waals surface area contributed by atoms with Gasteiger partial charge in [0, 0.05) is 19.0 Å². The van der Waals surface area contributed by atoms with Crippen LogP contribution < -0.4 is 5.32 Å². The first-order chi connectivity index (χ1) is 8.93. The maximum Gasteiger partial charge on any atom is 0.348 e. The summed E-state index contributed by atoms with van der Waals surface area (Å²) in [6.45, 7) is 4.12. The zero-order valence-corrected chi connectivity index (χ0v) is 13.3. The Bertz CT molecular complexity index is 472. The molecule has 1 saturated heterocycles. The van der Waals surface area contributed by atoms with E-state index < -0.39 is 7.60 Å². The molecule has 1 aromatic rings. The van der Waals surface area contributed by atoms with Gasteiger partial charge in [-0.2, -0.15) is 0 Å². The highest BCUT2D eigenvalue weighted by Crippen LogP contribution is 2.62. The SMILES string of the molecule is COP(=O)(OC)[C@@H]1N[C@@H](c2ccccc2)SC1(C)C. The van der Waals surface area contributed by atoms with Gasteiger partial charge >= 0.3 is 7.60 Å². The highest BCUT2D eigenvalue weighted by Gasteiger charge is 2.52. The van der Waals surface area contributed by atoms with Crippen molar-refractivity contribution in [1.82, 2.24) is 5.32 Å². The molecule has 0 aliphatic carbocycles. The van der Waals surface area contributed by atoms with E-state index in [1.807, 2.05) is 18.2 Å². The Balaban J connectivity index is 2.27. The van der Waals surface area contributed by atoms with E-state index in [2.05, 4.69) is 31.3 Å². The van der Waals surface area contributed by atoms with Crippen molar-refractivity contribution in [1.29, 1.82) is 0 Å². The molecule has 106 valence electrons. The van der Waals surface area contributed by atoms with Crippen molar-refractivity contribution < 1.29 is 13.6 Å². The van der Waals surface area contributed by atoms with Crippen molar-refractivity contribution in [2.24, 2.45) is 0 Å². The lowest BCUT2D eigenvalue weighted by atomic mass is 10.2. The summed E-state index contributed by atoms with van der Waals surface area (Å²) in [6, 6.07) is 10.1. The first-order valence-corrected chi connectivity index (χ1v) is 8.62. The first-order valence-electron chi connectivity index (χ1n) is 6.13. The maximum absolute atomic E-state index is 12.6. The van der Waals surface area contributed by atoms with Crippen LogP contribution in [0.2, 0.25) is 0 Å². The lowest BCUT2D eigenvalue weighted by Gasteiger charge is -2.29. The molecule has 1 fully saturated rings. The Hall–Kier alpha value is -0.320. The molecule has 1 N–H and O–H groups in total. The number of benzene rings is 1. The molecule has 1 aromatic carbocycles. The van der Waals surface area contributed by atoms with Crippen LogP contribution in [0.5, 0.6) is 0 Å². The highest BCUT2D eigenvalue weighted by molar-refractivity contribution is 8.01. The number of hydrogen-bond acceptors (Lipinski definition) is 5. The van der Waals surface area contributed by atoms with Crippen LogP contribution in [0, 0.1) is 0 Å². The molecule has 19 heavy (non-hydrogen) atoms. The number of thioether (sulfide) groups is 1. The van der Waals surface area contributed by atoms with Gasteiger partial charge in [0.2, 0.25) is 0 Å². The van der Waals surface area contributed by atoms with Gasteiger partial charge in [0.1, 0.15) is 5.78 Å². The fraction of sp³-hybridized carbons (Fsp3) is 0.538. The fourth-order valence-corrected chi connectivity index (χ4v) is 5.93. The van der Waals surface area contributed by atoms with Gasteiger partial charge in [-0.3, -0.25) is 9.88 Å². The second kappa shape index (κ2) is 5.58. The van der Waals surface area contributed by atoms with Crippen molar-refractivity contribution in [2.45, 2.75) is 29.8 Å². The molecule has 0 spiro atoms. The molecule has 4 nitrogen and oxygen atoms in total. The molecule has 0 aromatic heterocycles. The van der Waals surface area contributed by atoms with Crippen molar-refractivity contribution in [3.05, 3.63) is 35.9 Å². The van der Waals surface area contributed by atoms with Gasteiger partial charge < -0.3 is 9.05 Å². The molecule has 0 saturated carbocycles. The van der Waals surface area contributed by atoms with E-state index >= 15 is 0 Å². The number of nitrogens with one attached hydrogen (secondary N) is 1. The van der Waals surface area contributed by atoms with Crippen LogP contribution in [-0.4, -0.2) is 24.7 Å². The molecule has 1 aliphatic rings. The van der Waals surface area contributed by atoms with Gasteiger partial charge in [-0.05, 0) is 19.4 Å². The van der Waals surface area contributed by atoms with Crippen molar-refractivity contribution >= 4 is 19.4 Å². The summed E-state index contributed by atoms with van der Waals surface area (Å²) < 4.78 is 22.7. The summed E-state index contributed by atoms with van der Waals surface area (Å²) >= 11 is 1.74. The molecule has 0 unspecified atom stereocenters. The Morgan fingerprint density at radius 1 is 1.21 bits per heavy atom. The lowest BCUT2D eigenvalue weighted by molar-refractivity contribution is 0.254. The smallest absolute Gasteiger partial charge is 0.311 e. The summed E-state index contributed by atoms with van der Waals surface area (Å²) in [5.74, 6) is -0.329. The third kappa shape index (κ3) is 2.91. The molecule has 1 aliphatic heterocycles. The minimum Gasteiger partial charge on any atom is -0.311 e. The number of hydrogen-bond donors (Lipinski definition) is 1. The zero-order chi connectivity index (χ0) is 14.1. The van der Waals surface area contributed by atoms with Crippen LogP contribution in [0.1, 0.15) is 24.8 Å². The lowest BCUT2D eigenvalue weighted by Crippen LogP contribution is -2.37. The minimum atomic E-state index is -3.14. The second-order valence-electron chi connectivity index (χ2n) is 4.99. The van der Waals surface area contributed by atoms with E-state index in [0.717, 1.165) is 0 Å². The normalized spacial score (nSPS) is 26.5. The predicted molar refractivity (Wildman–Crippen MR) is 79.4 cm³/mol. The third-order valence-electron chi connectivity index (χ3n) is 3.32. The fourth-order valence-electron chi connectivity index (χ4n) is 2.30. The van der Waals surface area contributed by atoms with Crippen LogP contribution in [-0.2, 0) is 13.6 Å². The Morgan fingerprint density at radius 3 is 2.32 bits per heavy atom. The maximum atomic E-state index is 12.6. The van der Waals surface area contributed by atoms with E-state index in [4.69, 9.17) is 9.05 Å². The first kappa shape index (κ1) is 15.1. The van der Waals surface area contributed by atoms with Crippen LogP contribution in [0.4, 0.5) is 0 Å². The van der Waals surface area contributed by atoms with Crippen LogP contribution in [0.3, 0.4) is 0 Å². The molecule has 0 amide bonds. The van der Waals surface area contributed by atoms with Crippen LogP contribution in [0.15, 0.2) is 30.3 Å². The summed E-state index contributed by atoms with van der Waals surface area (Å²) in [5, 5.41) is 3.49. The second-order valence-corrected chi connectivity index (χ2v) is 9.07. The summed E-state index contributed by atoms with van der Waals surface area (Å²) in [4.78, 5) is 0. The molecule has 1 heterocycles. The molecule has 0 radical (unpaired) electrons.